The molecule has 1 aromatic heterocycles. The Kier molecular flexibility index (Phi) is 4.37. The Morgan fingerprint density at radius 1 is 1.53 bits per heavy atom. The van der Waals surface area contributed by atoms with Gasteiger partial charge in [-0.1, -0.05) is 18.6 Å². The molecule has 0 aliphatic rings. The van der Waals surface area contributed by atoms with E-state index in [4.69, 9.17) is 5.73 Å². The van der Waals surface area contributed by atoms with Crippen molar-refractivity contribution in [2.75, 3.05) is 18.5 Å². The van der Waals surface area contributed by atoms with Crippen molar-refractivity contribution in [3.63, 3.8) is 0 Å². The second-order valence-corrected chi connectivity index (χ2v) is 6.93. The maximum absolute atomic E-state index is 12.2. The van der Waals surface area contributed by atoms with Crippen molar-refractivity contribution in [3.8, 4) is 0 Å². The van der Waals surface area contributed by atoms with E-state index in [-0.39, 0.29) is 5.91 Å². The summed E-state index contributed by atoms with van der Waals surface area (Å²) >= 11 is 3.19. The van der Waals surface area contributed by atoms with Crippen LogP contribution in [0.1, 0.15) is 22.2 Å². The van der Waals surface area contributed by atoms with Crippen molar-refractivity contribution < 1.29 is 4.79 Å². The summed E-state index contributed by atoms with van der Waals surface area (Å²) in [5.41, 5.74) is 7.84. The maximum Gasteiger partial charge on any atom is 0.263 e. The van der Waals surface area contributed by atoms with E-state index in [0.717, 1.165) is 15.6 Å². The fourth-order valence-corrected chi connectivity index (χ4v) is 3.07. The fourth-order valence-electron chi connectivity index (χ4n) is 1.80. The first-order valence-electron chi connectivity index (χ1n) is 6.12. The minimum Gasteiger partial charge on any atom is -0.397 e. The van der Waals surface area contributed by atoms with E-state index in [2.05, 4.69) is 12.2 Å². The second-order valence-electron chi connectivity index (χ2n) is 4.60. The molecule has 0 aliphatic heterocycles. The molecule has 3 nitrogen and oxygen atoms in total. The predicted octanol–water partition coefficient (Wildman–Crippen LogP) is 3.27. The lowest BCUT2D eigenvalue weighted by molar-refractivity contribution is 0.0959. The summed E-state index contributed by atoms with van der Waals surface area (Å²) in [4.78, 5) is 12.8. The molecular formula is C14H18N2OS2. The fraction of sp³-hybridized carbons (Fsp3) is 0.357. The molecule has 1 unspecified atom stereocenters. The number of nitrogens with two attached hydrogens (primary N) is 1. The monoisotopic (exact) mass is 294 g/mol. The molecule has 0 spiro atoms. The highest BCUT2D eigenvalue weighted by atomic mass is 32.2. The lowest BCUT2D eigenvalue weighted by Crippen LogP contribution is -2.29. The Hall–Kier alpha value is -1.20. The molecule has 19 heavy (non-hydrogen) atoms. The molecular weight excluding hydrogens is 276 g/mol. The van der Waals surface area contributed by atoms with Crippen molar-refractivity contribution in [1.29, 1.82) is 0 Å². The van der Waals surface area contributed by atoms with Crippen molar-refractivity contribution in [3.05, 3.63) is 28.6 Å². The van der Waals surface area contributed by atoms with Crippen LogP contribution >= 0.6 is 23.1 Å². The number of nitrogen functional groups attached to an aromatic ring is 1. The Bertz CT molecular complexity index is 607. The normalized spacial score (nSPS) is 12.6. The summed E-state index contributed by atoms with van der Waals surface area (Å²) in [7, 11) is 0. The lowest BCUT2D eigenvalue weighted by Gasteiger charge is -2.09. The van der Waals surface area contributed by atoms with Crippen LogP contribution in [0.5, 0.6) is 0 Å². The Labute approximate surface area is 121 Å². The van der Waals surface area contributed by atoms with Crippen LogP contribution in [0.4, 0.5) is 5.69 Å². The van der Waals surface area contributed by atoms with Gasteiger partial charge >= 0.3 is 0 Å². The first-order valence-corrected chi connectivity index (χ1v) is 8.23. The standard InChI is InChI=1S/C14H18N2OS2/c1-8-4-5-11-10(6-8)12(15)13(19-11)14(17)16-7-9(2)18-3/h4-6,9H,7,15H2,1-3H3,(H,16,17). The molecule has 0 saturated heterocycles. The van der Waals surface area contributed by atoms with Crippen LogP contribution in [0.25, 0.3) is 10.1 Å². The summed E-state index contributed by atoms with van der Waals surface area (Å²) in [6.45, 7) is 4.77. The Balaban J connectivity index is 2.25. The van der Waals surface area contributed by atoms with Gasteiger partial charge in [-0.05, 0) is 25.3 Å². The number of nitrogens with one attached hydrogen (secondary N) is 1. The van der Waals surface area contributed by atoms with Crippen LogP contribution in [-0.2, 0) is 0 Å². The van der Waals surface area contributed by atoms with E-state index in [1.165, 1.54) is 11.3 Å². The molecule has 0 bridgehead atoms. The summed E-state index contributed by atoms with van der Waals surface area (Å²) in [5, 5.41) is 4.32. The average molecular weight is 294 g/mol. The first-order chi connectivity index (χ1) is 9.02. The van der Waals surface area contributed by atoms with E-state index >= 15 is 0 Å². The molecule has 0 saturated carbocycles. The molecule has 2 rings (SSSR count). The van der Waals surface area contributed by atoms with E-state index in [1.54, 1.807) is 11.8 Å². The molecule has 0 radical (unpaired) electrons. The van der Waals surface area contributed by atoms with E-state index < -0.39 is 0 Å². The maximum atomic E-state index is 12.2. The molecule has 5 heteroatoms. The van der Waals surface area contributed by atoms with Crippen LogP contribution in [-0.4, -0.2) is 24.0 Å². The van der Waals surface area contributed by atoms with Gasteiger partial charge in [0.05, 0.1) is 5.69 Å². The van der Waals surface area contributed by atoms with Gasteiger partial charge < -0.3 is 11.1 Å². The first kappa shape index (κ1) is 14.2. The van der Waals surface area contributed by atoms with Crippen molar-refractivity contribution >= 4 is 44.8 Å². The van der Waals surface area contributed by atoms with Crippen LogP contribution in [0, 0.1) is 6.92 Å². The Morgan fingerprint density at radius 3 is 2.95 bits per heavy atom. The van der Waals surface area contributed by atoms with Gasteiger partial charge in [-0.2, -0.15) is 11.8 Å². The number of hydrogen-bond donors (Lipinski definition) is 2. The second kappa shape index (κ2) is 5.84. The van der Waals surface area contributed by atoms with Gasteiger partial charge in [0, 0.05) is 21.9 Å². The summed E-state index contributed by atoms with van der Waals surface area (Å²) in [6.07, 6.45) is 2.04. The van der Waals surface area contributed by atoms with E-state index in [9.17, 15) is 4.79 Å². The number of rotatable bonds is 4. The molecule has 2 aromatic rings. The molecule has 1 atom stereocenters. The van der Waals surface area contributed by atoms with Crippen LogP contribution in [0.15, 0.2) is 18.2 Å². The zero-order valence-electron chi connectivity index (χ0n) is 11.3. The highest BCUT2D eigenvalue weighted by Gasteiger charge is 2.16. The third-order valence-electron chi connectivity index (χ3n) is 3.04. The topological polar surface area (TPSA) is 55.1 Å². The number of anilines is 1. The number of carbonyl (C=O) groups is 1. The Morgan fingerprint density at radius 2 is 2.26 bits per heavy atom. The van der Waals surface area contributed by atoms with E-state index in [1.807, 2.05) is 31.4 Å². The third kappa shape index (κ3) is 3.04. The van der Waals surface area contributed by atoms with Crippen LogP contribution in [0.2, 0.25) is 0 Å². The van der Waals surface area contributed by atoms with Gasteiger partial charge in [0.25, 0.3) is 5.91 Å². The van der Waals surface area contributed by atoms with Gasteiger partial charge in [0.1, 0.15) is 4.88 Å². The molecule has 0 aliphatic carbocycles. The minimum absolute atomic E-state index is 0.0720. The van der Waals surface area contributed by atoms with Gasteiger partial charge in [0.15, 0.2) is 0 Å². The summed E-state index contributed by atoms with van der Waals surface area (Å²) in [6, 6.07) is 6.09. The molecule has 102 valence electrons. The molecule has 1 heterocycles. The third-order valence-corrected chi connectivity index (χ3v) is 5.20. The zero-order valence-corrected chi connectivity index (χ0v) is 13.0. The number of fused-ring (bicyclic) bond motifs is 1. The highest BCUT2D eigenvalue weighted by Crippen LogP contribution is 2.34. The number of amides is 1. The van der Waals surface area contributed by atoms with Crippen molar-refractivity contribution in [2.45, 2.75) is 19.1 Å². The summed E-state index contributed by atoms with van der Waals surface area (Å²) < 4.78 is 1.06. The predicted molar refractivity (Wildman–Crippen MR) is 86.3 cm³/mol. The van der Waals surface area contributed by atoms with Crippen molar-refractivity contribution in [1.82, 2.24) is 5.32 Å². The van der Waals surface area contributed by atoms with Gasteiger partial charge in [-0.3, -0.25) is 4.79 Å². The SMILES string of the molecule is CSC(C)CNC(=O)c1sc2ccc(C)cc2c1N. The van der Waals surface area contributed by atoms with Gasteiger partial charge in [-0.15, -0.1) is 11.3 Å². The smallest absolute Gasteiger partial charge is 0.263 e. The molecule has 0 fully saturated rings. The minimum atomic E-state index is -0.0720. The van der Waals surface area contributed by atoms with Crippen LogP contribution in [0.3, 0.4) is 0 Å². The zero-order chi connectivity index (χ0) is 14.0. The van der Waals surface area contributed by atoms with Crippen LogP contribution < -0.4 is 11.1 Å². The number of thiophene rings is 1. The number of aryl methyl sites for hydroxylation is 1. The molecule has 3 N–H and O–H groups in total. The van der Waals surface area contributed by atoms with Gasteiger partial charge in [-0.25, -0.2) is 0 Å². The number of benzene rings is 1. The number of hydrogen-bond acceptors (Lipinski definition) is 4. The lowest BCUT2D eigenvalue weighted by atomic mass is 10.1. The number of carbonyl (C=O) groups excluding carboxylic acids is 1. The quantitative estimate of drug-likeness (QED) is 0.910. The molecule has 1 aromatic carbocycles. The largest absolute Gasteiger partial charge is 0.397 e. The summed E-state index contributed by atoms with van der Waals surface area (Å²) in [5.74, 6) is -0.0720. The molecule has 1 amide bonds. The highest BCUT2D eigenvalue weighted by molar-refractivity contribution is 7.99. The number of thioether (sulfide) groups is 1. The van der Waals surface area contributed by atoms with E-state index in [0.29, 0.717) is 22.4 Å². The average Bonchev–Trinajstić information content (AvgIpc) is 2.73. The van der Waals surface area contributed by atoms with Gasteiger partial charge in [0.2, 0.25) is 0 Å². The van der Waals surface area contributed by atoms with Crippen molar-refractivity contribution in [2.24, 2.45) is 0 Å².